The number of rotatable bonds is 4. The Balaban J connectivity index is 1.50. The Labute approximate surface area is 153 Å². The van der Waals surface area contributed by atoms with Crippen molar-refractivity contribution in [3.63, 3.8) is 0 Å². The molecular weight excluding hydrogens is 352 g/mol. The van der Waals surface area contributed by atoms with Crippen molar-refractivity contribution in [1.29, 1.82) is 0 Å². The van der Waals surface area contributed by atoms with Crippen molar-refractivity contribution in [2.45, 2.75) is 19.6 Å². The molecule has 4 rings (SSSR count). The molecule has 0 aliphatic carbocycles. The monoisotopic (exact) mass is 368 g/mol. The molecule has 0 fully saturated rings. The Morgan fingerprint density at radius 1 is 1.23 bits per heavy atom. The molecule has 1 aliphatic rings. The molecule has 3 heterocycles. The molecule has 1 aliphatic heterocycles. The van der Waals surface area contributed by atoms with E-state index in [9.17, 15) is 9.59 Å². The molecule has 1 aromatic carbocycles. The molecule has 0 saturated heterocycles. The Bertz CT molecular complexity index is 974. The number of carbonyl (C=O) groups excluding carboxylic acids is 1. The number of thiazole rings is 1. The number of hydrogen-bond acceptors (Lipinski definition) is 6. The van der Waals surface area contributed by atoms with Crippen LogP contribution in [0.1, 0.15) is 10.6 Å². The van der Waals surface area contributed by atoms with E-state index in [2.05, 4.69) is 15.4 Å². The predicted octanol–water partition coefficient (Wildman–Crippen LogP) is 2.08. The molecule has 0 spiro atoms. The van der Waals surface area contributed by atoms with Gasteiger partial charge in [0.2, 0.25) is 5.91 Å². The molecule has 3 aromatic rings. The highest BCUT2D eigenvalue weighted by molar-refractivity contribution is 7.15. The van der Waals surface area contributed by atoms with Gasteiger partial charge < -0.3 is 10.1 Å². The first-order valence-electron chi connectivity index (χ1n) is 8.19. The first-order chi connectivity index (χ1) is 12.7. The number of aromatic nitrogens is 3. The van der Waals surface area contributed by atoms with Crippen molar-refractivity contribution in [2.24, 2.45) is 0 Å². The van der Waals surface area contributed by atoms with Crippen LogP contribution in [0.3, 0.4) is 0 Å². The molecule has 0 saturated carbocycles. The zero-order chi connectivity index (χ0) is 17.9. The van der Waals surface area contributed by atoms with Gasteiger partial charge >= 0.3 is 0 Å². The predicted molar refractivity (Wildman–Crippen MR) is 98.0 cm³/mol. The van der Waals surface area contributed by atoms with Crippen molar-refractivity contribution in [3.8, 4) is 11.3 Å². The van der Waals surface area contributed by atoms with E-state index in [-0.39, 0.29) is 18.0 Å². The van der Waals surface area contributed by atoms with Crippen molar-refractivity contribution in [3.05, 3.63) is 63.4 Å². The summed E-state index contributed by atoms with van der Waals surface area (Å²) in [5.41, 5.74) is 2.17. The highest BCUT2D eigenvalue weighted by Gasteiger charge is 2.17. The summed E-state index contributed by atoms with van der Waals surface area (Å²) < 4.78 is 6.54. The summed E-state index contributed by atoms with van der Waals surface area (Å²) in [6, 6.07) is 12.6. The third-order valence-corrected chi connectivity index (χ3v) is 4.96. The third kappa shape index (κ3) is 3.56. The van der Waals surface area contributed by atoms with Crippen LogP contribution in [0, 0.1) is 0 Å². The summed E-state index contributed by atoms with van der Waals surface area (Å²) in [6.07, 6.45) is 0.752. The van der Waals surface area contributed by atoms with Crippen molar-refractivity contribution >= 4 is 22.4 Å². The molecule has 2 aromatic heterocycles. The Hall–Kier alpha value is -2.84. The number of benzene rings is 1. The third-order valence-electron chi connectivity index (χ3n) is 3.97. The molecule has 1 N–H and O–H groups in total. The number of amides is 1. The lowest BCUT2D eigenvalue weighted by Crippen LogP contribution is -2.29. The molecule has 132 valence electrons. The molecule has 1 amide bonds. The maximum absolute atomic E-state index is 12.3. The van der Waals surface area contributed by atoms with Crippen LogP contribution in [0.4, 0.5) is 5.13 Å². The van der Waals surface area contributed by atoms with Crippen LogP contribution >= 0.6 is 11.3 Å². The first kappa shape index (κ1) is 16.6. The summed E-state index contributed by atoms with van der Waals surface area (Å²) in [5.74, 6) is -0.336. The lowest BCUT2D eigenvalue weighted by atomic mass is 10.1. The maximum atomic E-state index is 12.3. The normalized spacial score (nSPS) is 13.2. The smallest absolute Gasteiger partial charge is 0.267 e. The number of ether oxygens (including phenoxy) is 1. The van der Waals surface area contributed by atoms with E-state index in [1.165, 1.54) is 17.4 Å². The summed E-state index contributed by atoms with van der Waals surface area (Å²) in [4.78, 5) is 29.8. The highest BCUT2D eigenvalue weighted by Crippen LogP contribution is 2.26. The Morgan fingerprint density at radius 2 is 2.08 bits per heavy atom. The van der Waals surface area contributed by atoms with E-state index < -0.39 is 0 Å². The van der Waals surface area contributed by atoms with Gasteiger partial charge in [-0.1, -0.05) is 41.7 Å². The van der Waals surface area contributed by atoms with Gasteiger partial charge in [0.15, 0.2) is 5.13 Å². The van der Waals surface area contributed by atoms with Gasteiger partial charge in [-0.3, -0.25) is 9.59 Å². The molecular formula is C18H16N4O3S. The second-order valence-corrected chi connectivity index (χ2v) is 6.90. The number of nitrogens with zero attached hydrogens (tertiary/aromatic N) is 3. The standard InChI is InChI=1S/C18H16N4O3S/c23-16(20-18-19-14-8-9-25-11-15(14)26-18)10-22-17(24)7-6-13(21-22)12-4-2-1-3-5-12/h1-7H,8-11H2,(H,19,20,23). The second kappa shape index (κ2) is 7.19. The van der Waals surface area contributed by atoms with Crippen LogP contribution < -0.4 is 10.9 Å². The average molecular weight is 368 g/mol. The molecule has 0 radical (unpaired) electrons. The summed E-state index contributed by atoms with van der Waals surface area (Å²) in [5, 5.41) is 7.57. The molecule has 8 heteroatoms. The fourth-order valence-electron chi connectivity index (χ4n) is 2.70. The van der Waals surface area contributed by atoms with Gasteiger partial charge in [0.05, 0.1) is 29.5 Å². The number of carbonyl (C=O) groups is 1. The van der Waals surface area contributed by atoms with Crippen LogP contribution in [0.2, 0.25) is 0 Å². The fourth-order valence-corrected chi connectivity index (χ4v) is 3.66. The van der Waals surface area contributed by atoms with Gasteiger partial charge in [-0.05, 0) is 6.07 Å². The highest BCUT2D eigenvalue weighted by atomic mass is 32.1. The molecule has 7 nitrogen and oxygen atoms in total. The van der Waals surface area contributed by atoms with Gasteiger partial charge in [0.25, 0.3) is 5.56 Å². The van der Waals surface area contributed by atoms with Crippen molar-refractivity contribution in [2.75, 3.05) is 11.9 Å². The summed E-state index contributed by atoms with van der Waals surface area (Å²) in [7, 11) is 0. The van der Waals surface area contributed by atoms with Gasteiger partial charge in [0.1, 0.15) is 6.54 Å². The van der Waals surface area contributed by atoms with E-state index in [0.29, 0.717) is 24.0 Å². The van der Waals surface area contributed by atoms with Gasteiger partial charge in [-0.2, -0.15) is 5.10 Å². The quantitative estimate of drug-likeness (QED) is 0.762. The number of hydrogen-bond donors (Lipinski definition) is 1. The van der Waals surface area contributed by atoms with E-state index in [1.54, 1.807) is 6.07 Å². The minimum absolute atomic E-state index is 0.166. The number of nitrogens with one attached hydrogen (secondary N) is 1. The fraction of sp³-hybridized carbons (Fsp3) is 0.222. The molecule has 26 heavy (non-hydrogen) atoms. The van der Waals surface area contributed by atoms with Crippen LogP contribution in [0.5, 0.6) is 0 Å². The summed E-state index contributed by atoms with van der Waals surface area (Å²) >= 11 is 1.40. The average Bonchev–Trinajstić information content (AvgIpc) is 3.06. The van der Waals surface area contributed by atoms with Gasteiger partial charge in [0, 0.05) is 18.1 Å². The largest absolute Gasteiger partial charge is 0.375 e. The van der Waals surface area contributed by atoms with Gasteiger partial charge in [-0.15, -0.1) is 0 Å². The Kier molecular flexibility index (Phi) is 4.59. The SMILES string of the molecule is O=C(Cn1nc(-c2ccccc2)ccc1=O)Nc1nc2c(s1)COCC2. The van der Waals surface area contributed by atoms with Gasteiger partial charge in [-0.25, -0.2) is 9.67 Å². The lowest BCUT2D eigenvalue weighted by Gasteiger charge is -2.08. The zero-order valence-electron chi connectivity index (χ0n) is 13.8. The minimum atomic E-state index is -0.336. The van der Waals surface area contributed by atoms with Crippen LogP contribution in [-0.4, -0.2) is 27.3 Å². The second-order valence-electron chi connectivity index (χ2n) is 5.82. The molecule has 0 bridgehead atoms. The lowest BCUT2D eigenvalue weighted by molar-refractivity contribution is -0.117. The van der Waals surface area contributed by atoms with Crippen LogP contribution in [0.15, 0.2) is 47.3 Å². The molecule has 0 unspecified atom stereocenters. The van der Waals surface area contributed by atoms with Crippen LogP contribution in [0.25, 0.3) is 11.3 Å². The van der Waals surface area contributed by atoms with E-state index >= 15 is 0 Å². The number of anilines is 1. The zero-order valence-corrected chi connectivity index (χ0v) is 14.7. The van der Waals surface area contributed by atoms with Crippen LogP contribution in [-0.2, 0) is 29.1 Å². The van der Waals surface area contributed by atoms with Crippen molar-refractivity contribution in [1.82, 2.24) is 14.8 Å². The first-order valence-corrected chi connectivity index (χ1v) is 9.00. The minimum Gasteiger partial charge on any atom is -0.375 e. The van der Waals surface area contributed by atoms with Crippen molar-refractivity contribution < 1.29 is 9.53 Å². The number of fused-ring (bicyclic) bond motifs is 1. The maximum Gasteiger partial charge on any atom is 0.267 e. The Morgan fingerprint density at radius 3 is 2.88 bits per heavy atom. The topological polar surface area (TPSA) is 86.1 Å². The molecule has 0 atom stereocenters. The van der Waals surface area contributed by atoms with E-state index in [0.717, 1.165) is 27.2 Å². The summed E-state index contributed by atoms with van der Waals surface area (Å²) in [6.45, 7) is 1.01. The van der Waals surface area contributed by atoms with E-state index in [4.69, 9.17) is 4.74 Å². The van der Waals surface area contributed by atoms with E-state index in [1.807, 2.05) is 30.3 Å².